The van der Waals surface area contributed by atoms with Crippen molar-refractivity contribution in [3.63, 3.8) is 0 Å². The van der Waals surface area contributed by atoms with Gasteiger partial charge < -0.3 is 19.7 Å². The third kappa shape index (κ3) is 3.60. The fourth-order valence-corrected chi connectivity index (χ4v) is 1.95. The van der Waals surface area contributed by atoms with Crippen molar-refractivity contribution in [1.29, 1.82) is 0 Å². The van der Waals surface area contributed by atoms with E-state index < -0.39 is 11.6 Å². The van der Waals surface area contributed by atoms with E-state index in [2.05, 4.69) is 0 Å². The van der Waals surface area contributed by atoms with Gasteiger partial charge in [-0.3, -0.25) is 4.79 Å². The summed E-state index contributed by atoms with van der Waals surface area (Å²) >= 11 is 0. The van der Waals surface area contributed by atoms with Crippen molar-refractivity contribution in [2.75, 3.05) is 14.2 Å². The number of ketones is 1. The molecule has 0 atom stereocenters. The van der Waals surface area contributed by atoms with Crippen molar-refractivity contribution >= 4 is 11.9 Å². The summed E-state index contributed by atoms with van der Waals surface area (Å²) in [5, 5.41) is 19.3. The van der Waals surface area contributed by atoms with Crippen LogP contribution in [0.2, 0.25) is 0 Å². The quantitative estimate of drug-likeness (QED) is 0.654. The zero-order valence-electron chi connectivity index (χ0n) is 12.5. The summed E-state index contributed by atoms with van der Waals surface area (Å²) in [7, 11) is 2.78. The molecule has 0 heterocycles. The van der Waals surface area contributed by atoms with Gasteiger partial charge in [0.1, 0.15) is 17.3 Å². The lowest BCUT2D eigenvalue weighted by Gasteiger charge is -2.06. The van der Waals surface area contributed by atoms with Crippen molar-refractivity contribution in [3.8, 4) is 23.0 Å². The van der Waals surface area contributed by atoms with Crippen molar-refractivity contribution in [3.05, 3.63) is 53.4 Å². The second-order valence-electron chi connectivity index (χ2n) is 4.63. The van der Waals surface area contributed by atoms with E-state index in [0.29, 0.717) is 5.75 Å². The zero-order chi connectivity index (χ0) is 17.0. The summed E-state index contributed by atoms with van der Waals surface area (Å²) in [6.45, 7) is 0. The molecule has 5 nitrogen and oxygen atoms in total. The molecule has 0 aliphatic heterocycles. The van der Waals surface area contributed by atoms with Crippen LogP contribution in [-0.4, -0.2) is 30.2 Å². The number of hydrogen-bond acceptors (Lipinski definition) is 5. The van der Waals surface area contributed by atoms with Gasteiger partial charge >= 0.3 is 0 Å². The summed E-state index contributed by atoms with van der Waals surface area (Å²) in [4.78, 5) is 12.1. The summed E-state index contributed by atoms with van der Waals surface area (Å²) in [6.07, 6.45) is 2.36. The van der Waals surface area contributed by atoms with Gasteiger partial charge in [0.2, 0.25) is 0 Å². The first-order valence-corrected chi connectivity index (χ1v) is 6.62. The van der Waals surface area contributed by atoms with Gasteiger partial charge in [-0.05, 0) is 30.4 Å². The first-order chi connectivity index (χ1) is 11.0. The number of halogens is 1. The van der Waals surface area contributed by atoms with E-state index in [1.165, 1.54) is 44.6 Å². The molecule has 0 fully saturated rings. The molecule has 0 amide bonds. The number of phenolic OH excluding ortho intramolecular Hbond substituents is 2. The largest absolute Gasteiger partial charge is 0.507 e. The van der Waals surface area contributed by atoms with Gasteiger partial charge in [0.25, 0.3) is 0 Å². The molecule has 0 aromatic heterocycles. The van der Waals surface area contributed by atoms with Crippen LogP contribution in [0.4, 0.5) is 4.39 Å². The van der Waals surface area contributed by atoms with Crippen LogP contribution < -0.4 is 9.47 Å². The van der Waals surface area contributed by atoms with Crippen LogP contribution in [0, 0.1) is 5.82 Å². The fourth-order valence-electron chi connectivity index (χ4n) is 1.95. The molecule has 0 aliphatic carbocycles. The normalized spacial score (nSPS) is 10.7. The van der Waals surface area contributed by atoms with E-state index in [4.69, 9.17) is 9.47 Å². The summed E-state index contributed by atoms with van der Waals surface area (Å²) < 4.78 is 23.6. The molecule has 23 heavy (non-hydrogen) atoms. The van der Waals surface area contributed by atoms with Crippen molar-refractivity contribution in [2.45, 2.75) is 0 Å². The minimum absolute atomic E-state index is 0.0631. The van der Waals surface area contributed by atoms with E-state index >= 15 is 0 Å². The monoisotopic (exact) mass is 318 g/mol. The smallest absolute Gasteiger partial charge is 0.189 e. The Morgan fingerprint density at radius 2 is 1.83 bits per heavy atom. The summed E-state index contributed by atoms with van der Waals surface area (Å²) in [5.41, 5.74) is 0.134. The second kappa shape index (κ2) is 6.83. The number of phenols is 2. The van der Waals surface area contributed by atoms with E-state index in [1.54, 1.807) is 0 Å². The van der Waals surface area contributed by atoms with E-state index in [-0.39, 0.29) is 28.4 Å². The SMILES string of the molecule is COc1ccc(C(=O)C=Cc2cc(OC)c(O)cc2F)c(O)c1. The van der Waals surface area contributed by atoms with Crippen molar-refractivity contribution in [1.82, 2.24) is 0 Å². The topological polar surface area (TPSA) is 76.0 Å². The molecule has 0 radical (unpaired) electrons. The maximum absolute atomic E-state index is 13.8. The second-order valence-corrected chi connectivity index (χ2v) is 4.63. The molecule has 120 valence electrons. The van der Waals surface area contributed by atoms with Gasteiger partial charge in [-0.25, -0.2) is 4.39 Å². The number of allylic oxidation sites excluding steroid dienone is 1. The van der Waals surface area contributed by atoms with Gasteiger partial charge in [-0.15, -0.1) is 0 Å². The lowest BCUT2D eigenvalue weighted by Crippen LogP contribution is -1.96. The van der Waals surface area contributed by atoms with E-state index in [0.717, 1.165) is 12.1 Å². The highest BCUT2D eigenvalue weighted by atomic mass is 19.1. The lowest BCUT2D eigenvalue weighted by atomic mass is 10.1. The number of aromatic hydroxyl groups is 2. The number of carbonyl (C=O) groups is 1. The summed E-state index contributed by atoms with van der Waals surface area (Å²) in [6, 6.07) is 6.42. The Balaban J connectivity index is 2.28. The molecule has 2 aromatic carbocycles. The predicted octanol–water partition coefficient (Wildman–Crippen LogP) is 3.15. The van der Waals surface area contributed by atoms with Gasteiger partial charge in [-0.1, -0.05) is 0 Å². The Kier molecular flexibility index (Phi) is 4.85. The molecule has 0 saturated heterocycles. The van der Waals surface area contributed by atoms with Crippen LogP contribution in [0.1, 0.15) is 15.9 Å². The lowest BCUT2D eigenvalue weighted by molar-refractivity contribution is 0.104. The molecule has 2 aromatic rings. The average Bonchev–Trinajstić information content (AvgIpc) is 2.53. The number of hydrogen-bond donors (Lipinski definition) is 2. The third-order valence-corrected chi connectivity index (χ3v) is 3.18. The molecular formula is C17H15FO5. The Bertz CT molecular complexity index is 768. The average molecular weight is 318 g/mol. The van der Waals surface area contributed by atoms with Gasteiger partial charge in [0, 0.05) is 17.7 Å². The molecule has 6 heteroatoms. The Labute approximate surface area is 132 Å². The molecule has 0 spiro atoms. The Morgan fingerprint density at radius 1 is 1.09 bits per heavy atom. The molecule has 2 rings (SSSR count). The highest BCUT2D eigenvalue weighted by Gasteiger charge is 2.11. The molecule has 0 bridgehead atoms. The van der Waals surface area contributed by atoms with Gasteiger partial charge in [-0.2, -0.15) is 0 Å². The number of ether oxygens (including phenoxy) is 2. The Hall–Kier alpha value is -3.02. The maximum Gasteiger partial charge on any atom is 0.189 e. The van der Waals surface area contributed by atoms with Crippen LogP contribution in [-0.2, 0) is 0 Å². The van der Waals surface area contributed by atoms with Crippen LogP contribution in [0.25, 0.3) is 6.08 Å². The number of rotatable bonds is 5. The highest BCUT2D eigenvalue weighted by Crippen LogP contribution is 2.29. The molecule has 0 aliphatic rings. The van der Waals surface area contributed by atoms with Crippen molar-refractivity contribution < 1.29 is 28.9 Å². The third-order valence-electron chi connectivity index (χ3n) is 3.18. The zero-order valence-corrected chi connectivity index (χ0v) is 12.5. The molecule has 0 saturated carbocycles. The minimum Gasteiger partial charge on any atom is -0.507 e. The number of benzene rings is 2. The first-order valence-electron chi connectivity index (χ1n) is 6.62. The minimum atomic E-state index is -0.702. The first kappa shape index (κ1) is 16.4. The predicted molar refractivity (Wildman–Crippen MR) is 82.6 cm³/mol. The summed E-state index contributed by atoms with van der Waals surface area (Å²) in [5.74, 6) is -1.27. The fraction of sp³-hybridized carbons (Fsp3) is 0.118. The van der Waals surface area contributed by atoms with Crippen LogP contribution in [0.5, 0.6) is 23.0 Å². The van der Waals surface area contributed by atoms with Crippen molar-refractivity contribution in [2.24, 2.45) is 0 Å². The van der Waals surface area contributed by atoms with Crippen LogP contribution >= 0.6 is 0 Å². The standard InChI is InChI=1S/C17H15FO5/c1-22-11-4-5-12(15(20)8-11)14(19)6-3-10-7-17(23-2)16(21)9-13(10)18/h3-9,20-21H,1-2H3. The molecule has 2 N–H and O–H groups in total. The van der Waals surface area contributed by atoms with E-state index in [9.17, 15) is 19.4 Å². The number of carbonyl (C=O) groups excluding carboxylic acids is 1. The van der Waals surface area contributed by atoms with Gasteiger partial charge in [0.15, 0.2) is 17.3 Å². The molecule has 0 unspecified atom stereocenters. The Morgan fingerprint density at radius 3 is 2.43 bits per heavy atom. The highest BCUT2D eigenvalue weighted by molar-refractivity contribution is 6.08. The van der Waals surface area contributed by atoms with Crippen LogP contribution in [0.15, 0.2) is 36.4 Å². The maximum atomic E-state index is 13.8. The van der Waals surface area contributed by atoms with Gasteiger partial charge in [0.05, 0.1) is 19.8 Å². The van der Waals surface area contributed by atoms with Crippen LogP contribution in [0.3, 0.4) is 0 Å². The van der Waals surface area contributed by atoms with E-state index in [1.807, 2.05) is 0 Å². The molecular weight excluding hydrogens is 303 g/mol. The number of methoxy groups -OCH3 is 2.